The summed E-state index contributed by atoms with van der Waals surface area (Å²) < 4.78 is 25.0. The van der Waals surface area contributed by atoms with Gasteiger partial charge in [-0.2, -0.15) is 0 Å². The van der Waals surface area contributed by atoms with Gasteiger partial charge in [0.05, 0.1) is 13.7 Å². The molecule has 8 heteroatoms. The van der Waals surface area contributed by atoms with Gasteiger partial charge < -0.3 is 18.9 Å². The van der Waals surface area contributed by atoms with Crippen molar-refractivity contribution in [3.05, 3.63) is 24.3 Å². The molecule has 6 nitrogen and oxygen atoms in total. The molecule has 0 heterocycles. The van der Waals surface area contributed by atoms with Gasteiger partial charge in [0, 0.05) is 0 Å². The molecule has 1 aromatic carbocycles. The molecule has 0 spiro atoms. The molecule has 0 saturated carbocycles. The van der Waals surface area contributed by atoms with Crippen LogP contribution in [-0.4, -0.2) is 19.4 Å². The van der Waals surface area contributed by atoms with Crippen molar-refractivity contribution < 1.29 is 57.8 Å². The Hall–Kier alpha value is -0.360. The number of carbonyl (C=O) groups is 1. The molecule has 94 valence electrons. The minimum absolute atomic E-state index is 0. The molecule has 0 bridgehead atoms. The van der Waals surface area contributed by atoms with Crippen molar-refractivity contribution >= 4 is 13.3 Å². The molecular weight excluding hydrogens is 270 g/mol. The summed E-state index contributed by atoms with van der Waals surface area (Å²) in [6.07, 6.45) is 0. The first-order chi connectivity index (χ1) is 7.99. The molecule has 0 aliphatic carbocycles. The van der Waals surface area contributed by atoms with E-state index in [0.29, 0.717) is 5.75 Å². The van der Waals surface area contributed by atoms with Crippen LogP contribution < -0.4 is 43.9 Å². The largest absolute Gasteiger partial charge is 1.00 e. The molecule has 0 aliphatic heterocycles. The quantitative estimate of drug-likeness (QED) is 0.497. The first-order valence-corrected chi connectivity index (χ1v) is 6.36. The van der Waals surface area contributed by atoms with Gasteiger partial charge in [-0.25, -0.2) is 4.79 Å². The normalized spacial score (nSPS) is 13.1. The van der Waals surface area contributed by atoms with Crippen LogP contribution in [0.4, 0.5) is 4.79 Å². The molecule has 0 fully saturated rings. The average Bonchev–Trinajstić information content (AvgIpc) is 2.30. The Morgan fingerprint density at radius 1 is 1.28 bits per heavy atom. The van der Waals surface area contributed by atoms with E-state index in [1.54, 1.807) is 12.1 Å². The van der Waals surface area contributed by atoms with Crippen molar-refractivity contribution in [3.63, 3.8) is 0 Å². The van der Waals surface area contributed by atoms with Crippen molar-refractivity contribution in [1.29, 1.82) is 0 Å². The summed E-state index contributed by atoms with van der Waals surface area (Å²) in [5.74, 6) is 0.673. The molecule has 0 N–H and O–H groups in total. The summed E-state index contributed by atoms with van der Waals surface area (Å²) >= 11 is 0. The van der Waals surface area contributed by atoms with E-state index in [1.165, 1.54) is 26.2 Å². The maximum atomic E-state index is 11.2. The van der Waals surface area contributed by atoms with Crippen LogP contribution in [0.15, 0.2) is 24.3 Å². The van der Waals surface area contributed by atoms with E-state index in [4.69, 9.17) is 4.74 Å². The van der Waals surface area contributed by atoms with Crippen LogP contribution >= 0.6 is 7.60 Å². The zero-order chi connectivity index (χ0) is 12.9. The van der Waals surface area contributed by atoms with Gasteiger partial charge in [0.15, 0.2) is 0 Å². The van der Waals surface area contributed by atoms with E-state index in [-0.39, 0.29) is 41.9 Å². The second-order valence-corrected chi connectivity index (χ2v) is 4.58. The molecule has 18 heavy (non-hydrogen) atoms. The van der Waals surface area contributed by atoms with E-state index in [1.807, 2.05) is 0 Å². The van der Waals surface area contributed by atoms with Gasteiger partial charge in [0.25, 0.3) is 0 Å². The fourth-order valence-corrected chi connectivity index (χ4v) is 1.69. The first-order valence-electron chi connectivity index (χ1n) is 4.81. The van der Waals surface area contributed by atoms with Crippen LogP contribution in [0.25, 0.3) is 0 Å². The van der Waals surface area contributed by atoms with Gasteiger partial charge >= 0.3 is 35.3 Å². The molecule has 0 amide bonds. The molecular formula is C10H12NaO6P. The number of ether oxygens (including phenoxy) is 2. The summed E-state index contributed by atoms with van der Waals surface area (Å²) in [4.78, 5) is 22.4. The summed E-state index contributed by atoms with van der Waals surface area (Å²) in [6.45, 7) is 1.35. The minimum Gasteiger partial charge on any atom is -0.770 e. The minimum atomic E-state index is -4.61. The standard InChI is InChI=1S/C10H13O6P.Na/c1-3-15-17(12,13)10(11)16-9-6-4-8(14-2)5-7-9;/h4-7H,3H2,1-2H3,(H,12,13);/q;+1/p-1. The summed E-state index contributed by atoms with van der Waals surface area (Å²) in [5, 5.41) is 0. The van der Waals surface area contributed by atoms with Crippen molar-refractivity contribution in [2.24, 2.45) is 0 Å². The number of hydrogen-bond donors (Lipinski definition) is 0. The van der Waals surface area contributed by atoms with Crippen molar-refractivity contribution in [1.82, 2.24) is 0 Å². The molecule has 0 radical (unpaired) electrons. The third-order valence-electron chi connectivity index (χ3n) is 1.79. The van der Waals surface area contributed by atoms with Crippen LogP contribution in [0.5, 0.6) is 11.5 Å². The number of carbonyl (C=O) groups excluding carboxylic acids is 1. The van der Waals surface area contributed by atoms with E-state index in [2.05, 4.69) is 9.26 Å². The molecule has 0 saturated heterocycles. The zero-order valence-electron chi connectivity index (χ0n) is 10.4. The average molecular weight is 282 g/mol. The number of rotatable bonds is 5. The summed E-state index contributed by atoms with van der Waals surface area (Å²) in [5.41, 5.74) is -1.41. The van der Waals surface area contributed by atoms with E-state index in [0.717, 1.165) is 0 Å². The van der Waals surface area contributed by atoms with Gasteiger partial charge in [-0.3, -0.25) is 4.57 Å². The van der Waals surface area contributed by atoms with Gasteiger partial charge in [0.2, 0.25) is 7.60 Å². The second-order valence-electron chi connectivity index (χ2n) is 2.96. The first kappa shape index (κ1) is 17.6. The molecule has 0 aromatic heterocycles. The van der Waals surface area contributed by atoms with Crippen molar-refractivity contribution in [2.75, 3.05) is 13.7 Å². The Morgan fingerprint density at radius 3 is 2.22 bits per heavy atom. The van der Waals surface area contributed by atoms with Gasteiger partial charge in [0.1, 0.15) is 11.5 Å². The topological polar surface area (TPSA) is 84.9 Å². The van der Waals surface area contributed by atoms with Crippen LogP contribution in [0.3, 0.4) is 0 Å². The molecule has 0 aliphatic rings. The molecule has 1 unspecified atom stereocenters. The Balaban J connectivity index is 0.00000289. The van der Waals surface area contributed by atoms with Gasteiger partial charge in [-0.15, -0.1) is 0 Å². The number of hydrogen-bond acceptors (Lipinski definition) is 6. The zero-order valence-corrected chi connectivity index (χ0v) is 13.3. The summed E-state index contributed by atoms with van der Waals surface area (Å²) in [7, 11) is -3.12. The predicted molar refractivity (Wildman–Crippen MR) is 58.3 cm³/mol. The SMILES string of the molecule is CCOP(=O)([O-])C(=O)Oc1ccc(OC)cc1.[Na+]. The number of benzene rings is 1. The van der Waals surface area contributed by atoms with Gasteiger partial charge in [-0.05, 0) is 31.2 Å². The fraction of sp³-hybridized carbons (Fsp3) is 0.300. The van der Waals surface area contributed by atoms with E-state index in [9.17, 15) is 14.3 Å². The van der Waals surface area contributed by atoms with E-state index >= 15 is 0 Å². The van der Waals surface area contributed by atoms with Crippen molar-refractivity contribution in [3.8, 4) is 11.5 Å². The number of methoxy groups -OCH3 is 1. The second kappa shape index (κ2) is 7.94. The Bertz CT molecular complexity index is 432. The Kier molecular flexibility index (Phi) is 7.78. The Labute approximate surface area is 127 Å². The molecule has 1 rings (SSSR count). The van der Waals surface area contributed by atoms with Crippen LogP contribution in [0.2, 0.25) is 0 Å². The van der Waals surface area contributed by atoms with Crippen LogP contribution in [0, 0.1) is 0 Å². The van der Waals surface area contributed by atoms with Crippen molar-refractivity contribution in [2.45, 2.75) is 6.92 Å². The summed E-state index contributed by atoms with van der Waals surface area (Å²) in [6, 6.07) is 5.92. The van der Waals surface area contributed by atoms with Crippen LogP contribution in [-0.2, 0) is 9.09 Å². The molecule has 1 aromatic rings. The van der Waals surface area contributed by atoms with E-state index < -0.39 is 13.3 Å². The van der Waals surface area contributed by atoms with Crippen LogP contribution in [0.1, 0.15) is 6.92 Å². The monoisotopic (exact) mass is 282 g/mol. The Morgan fingerprint density at radius 2 is 1.78 bits per heavy atom. The maximum Gasteiger partial charge on any atom is 1.00 e. The third kappa shape index (κ3) is 5.10. The predicted octanol–water partition coefficient (Wildman–Crippen LogP) is -1.21. The third-order valence-corrected chi connectivity index (χ3v) is 2.92. The smallest absolute Gasteiger partial charge is 0.770 e. The maximum absolute atomic E-state index is 11.2. The fourth-order valence-electron chi connectivity index (χ4n) is 1.02. The molecule has 1 atom stereocenters. The van der Waals surface area contributed by atoms with Gasteiger partial charge in [-0.1, -0.05) is 0 Å².